The average molecular weight is 472 g/mol. The number of aryl methyl sites for hydroxylation is 1. The van der Waals surface area contributed by atoms with Crippen molar-refractivity contribution < 1.29 is 22.4 Å². The van der Waals surface area contributed by atoms with Gasteiger partial charge in [-0.2, -0.15) is 13.2 Å². The summed E-state index contributed by atoms with van der Waals surface area (Å²) in [4.78, 5) is 31.5. The number of carbonyl (C=O) groups is 1. The quantitative estimate of drug-likeness (QED) is 0.576. The van der Waals surface area contributed by atoms with Crippen LogP contribution in [-0.2, 0) is 6.18 Å². The summed E-state index contributed by atoms with van der Waals surface area (Å²) < 4.78 is 51.7. The molecule has 7 nitrogen and oxygen atoms in total. The normalized spacial score (nSPS) is 21.7. The maximum absolute atomic E-state index is 13.6. The predicted molar refractivity (Wildman–Crippen MR) is 114 cm³/mol. The van der Waals surface area contributed by atoms with Crippen LogP contribution in [0.5, 0.6) is 0 Å². The number of pyridine rings is 2. The minimum Gasteiger partial charge on any atom is -0.365 e. The van der Waals surface area contributed by atoms with Crippen molar-refractivity contribution >= 4 is 11.7 Å². The monoisotopic (exact) mass is 472 g/mol. The molecular formula is C23H20F4N6O. The molecule has 11 heteroatoms. The van der Waals surface area contributed by atoms with Gasteiger partial charge in [0.05, 0.1) is 29.6 Å². The third kappa shape index (κ3) is 4.17. The molecule has 176 valence electrons. The largest absolute Gasteiger partial charge is 0.417 e. The highest BCUT2D eigenvalue weighted by atomic mass is 19.4. The van der Waals surface area contributed by atoms with Gasteiger partial charge in [-0.3, -0.25) is 9.78 Å². The van der Waals surface area contributed by atoms with E-state index in [2.05, 4.69) is 25.3 Å². The SMILES string of the molecule is Cc1cnc(-c2ncc(F)cn2)c(C(=O)N2C[C@@H]3C[C@@H](Nc4ccc(C(F)(F)F)cn4)[C@@H]2C3)c1. The summed E-state index contributed by atoms with van der Waals surface area (Å²) in [7, 11) is 0. The third-order valence-corrected chi connectivity index (χ3v) is 6.25. The van der Waals surface area contributed by atoms with Gasteiger partial charge in [0.15, 0.2) is 11.6 Å². The smallest absolute Gasteiger partial charge is 0.365 e. The van der Waals surface area contributed by atoms with Gasteiger partial charge in [-0.15, -0.1) is 0 Å². The molecule has 0 unspecified atom stereocenters. The molecule has 4 heterocycles. The van der Waals surface area contributed by atoms with Crippen molar-refractivity contribution in [3.8, 4) is 11.5 Å². The summed E-state index contributed by atoms with van der Waals surface area (Å²) in [6.45, 7) is 2.38. The summed E-state index contributed by atoms with van der Waals surface area (Å²) in [6.07, 6.45) is 1.55. The molecule has 1 aliphatic heterocycles. The highest BCUT2D eigenvalue weighted by Crippen LogP contribution is 2.40. The maximum atomic E-state index is 13.6. The zero-order chi connectivity index (χ0) is 24.0. The number of amides is 1. The van der Waals surface area contributed by atoms with Crippen LogP contribution in [0.3, 0.4) is 0 Å². The molecule has 1 N–H and O–H groups in total. The van der Waals surface area contributed by atoms with Gasteiger partial charge in [0, 0.05) is 25.0 Å². The van der Waals surface area contributed by atoms with Crippen LogP contribution < -0.4 is 5.32 Å². The molecule has 5 rings (SSSR count). The number of alkyl halides is 3. The number of fused-ring (bicyclic) bond motifs is 2. The number of likely N-dealkylation sites (tertiary alicyclic amines) is 1. The van der Waals surface area contributed by atoms with E-state index in [4.69, 9.17) is 0 Å². The molecule has 3 atom stereocenters. The Labute approximate surface area is 192 Å². The molecular weight excluding hydrogens is 452 g/mol. The van der Waals surface area contributed by atoms with Gasteiger partial charge in [0.1, 0.15) is 11.5 Å². The van der Waals surface area contributed by atoms with Gasteiger partial charge in [-0.25, -0.2) is 19.3 Å². The number of rotatable bonds is 4. The van der Waals surface area contributed by atoms with E-state index >= 15 is 0 Å². The molecule has 1 amide bonds. The number of carbonyl (C=O) groups excluding carboxylic acids is 1. The Bertz CT molecular complexity index is 1220. The van der Waals surface area contributed by atoms with Gasteiger partial charge in [0.2, 0.25) is 0 Å². The lowest BCUT2D eigenvalue weighted by atomic mass is 10.0. The van der Waals surface area contributed by atoms with E-state index in [0.29, 0.717) is 17.9 Å². The minimum atomic E-state index is -4.45. The molecule has 34 heavy (non-hydrogen) atoms. The lowest BCUT2D eigenvalue weighted by Gasteiger charge is -2.34. The lowest BCUT2D eigenvalue weighted by Crippen LogP contribution is -2.48. The molecule has 0 spiro atoms. The van der Waals surface area contributed by atoms with Crippen LogP contribution in [0.2, 0.25) is 0 Å². The fourth-order valence-corrected chi connectivity index (χ4v) is 4.75. The number of hydrogen-bond acceptors (Lipinski definition) is 6. The predicted octanol–water partition coefficient (Wildman–Crippen LogP) is 4.12. The summed E-state index contributed by atoms with van der Waals surface area (Å²) in [5.41, 5.74) is 0.560. The average Bonchev–Trinajstić information content (AvgIpc) is 3.40. The van der Waals surface area contributed by atoms with E-state index < -0.39 is 17.6 Å². The zero-order valence-corrected chi connectivity index (χ0v) is 18.1. The van der Waals surface area contributed by atoms with E-state index in [0.717, 1.165) is 43.1 Å². The fourth-order valence-electron chi connectivity index (χ4n) is 4.75. The number of piperidine rings is 1. The lowest BCUT2D eigenvalue weighted by molar-refractivity contribution is -0.137. The minimum absolute atomic E-state index is 0.143. The molecule has 3 aromatic rings. The van der Waals surface area contributed by atoms with Gasteiger partial charge in [-0.05, 0) is 49.4 Å². The van der Waals surface area contributed by atoms with Gasteiger partial charge >= 0.3 is 6.18 Å². The van der Waals surface area contributed by atoms with Gasteiger partial charge in [0.25, 0.3) is 5.91 Å². The number of nitrogens with one attached hydrogen (secondary N) is 1. The Morgan fingerprint density at radius 1 is 1.06 bits per heavy atom. The summed E-state index contributed by atoms with van der Waals surface area (Å²) in [6, 6.07) is 3.71. The molecule has 0 radical (unpaired) electrons. The second-order valence-corrected chi connectivity index (χ2v) is 8.68. The molecule has 0 aromatic carbocycles. The topological polar surface area (TPSA) is 83.9 Å². The first kappa shape index (κ1) is 22.2. The number of aromatic nitrogens is 4. The van der Waals surface area contributed by atoms with Crippen LogP contribution in [0.1, 0.15) is 34.3 Å². The number of nitrogens with zero attached hydrogens (tertiary/aromatic N) is 5. The first-order valence-electron chi connectivity index (χ1n) is 10.7. The summed E-state index contributed by atoms with van der Waals surface area (Å²) >= 11 is 0. The zero-order valence-electron chi connectivity index (χ0n) is 18.1. The Morgan fingerprint density at radius 2 is 1.82 bits per heavy atom. The first-order chi connectivity index (χ1) is 16.2. The molecule has 2 aliphatic rings. The van der Waals surface area contributed by atoms with Crippen molar-refractivity contribution in [3.63, 3.8) is 0 Å². The Balaban J connectivity index is 1.38. The van der Waals surface area contributed by atoms with Crippen molar-refractivity contribution in [2.45, 2.75) is 38.0 Å². The van der Waals surface area contributed by atoms with Crippen molar-refractivity contribution in [3.05, 3.63) is 65.5 Å². The first-order valence-corrected chi connectivity index (χ1v) is 10.7. The highest BCUT2D eigenvalue weighted by Gasteiger charge is 2.47. The number of hydrogen-bond donors (Lipinski definition) is 1. The third-order valence-electron chi connectivity index (χ3n) is 6.25. The van der Waals surface area contributed by atoms with E-state index in [1.807, 2.05) is 6.92 Å². The maximum Gasteiger partial charge on any atom is 0.417 e. The van der Waals surface area contributed by atoms with Crippen LogP contribution in [0.25, 0.3) is 11.5 Å². The van der Waals surface area contributed by atoms with Crippen molar-refractivity contribution in [1.29, 1.82) is 0 Å². The molecule has 2 fully saturated rings. The summed E-state index contributed by atoms with van der Waals surface area (Å²) in [5, 5.41) is 3.20. The Hall–Kier alpha value is -3.63. The van der Waals surface area contributed by atoms with E-state index in [1.54, 1.807) is 17.2 Å². The molecule has 1 saturated heterocycles. The Morgan fingerprint density at radius 3 is 2.47 bits per heavy atom. The molecule has 2 bridgehead atoms. The van der Waals surface area contributed by atoms with Crippen LogP contribution in [0.15, 0.2) is 43.0 Å². The standard InChI is InChI=1S/C23H20F4N6O/c1-12-4-16(20(29-7-12)21-30-9-15(24)10-31-21)22(34)33-11-13-5-17(18(33)6-13)32-19-3-2-14(8-28-19)23(25,26)27/h2-4,7-10,13,17-18H,5-6,11H2,1H3,(H,28,32)/t13-,17-,18+/m1/s1. The van der Waals surface area contributed by atoms with E-state index in [-0.39, 0.29) is 35.4 Å². The second kappa shape index (κ2) is 8.30. The van der Waals surface area contributed by atoms with Crippen molar-refractivity contribution in [1.82, 2.24) is 24.8 Å². The van der Waals surface area contributed by atoms with Crippen LogP contribution in [0.4, 0.5) is 23.4 Å². The second-order valence-electron chi connectivity index (χ2n) is 8.68. The number of halogens is 4. The number of anilines is 1. The summed E-state index contributed by atoms with van der Waals surface area (Å²) in [5.74, 6) is -0.0811. The van der Waals surface area contributed by atoms with E-state index in [1.165, 1.54) is 6.07 Å². The van der Waals surface area contributed by atoms with E-state index in [9.17, 15) is 22.4 Å². The van der Waals surface area contributed by atoms with Crippen molar-refractivity contribution in [2.75, 3.05) is 11.9 Å². The highest BCUT2D eigenvalue weighted by molar-refractivity contribution is 5.99. The van der Waals surface area contributed by atoms with Gasteiger partial charge < -0.3 is 10.2 Å². The molecule has 3 aromatic heterocycles. The molecule has 1 saturated carbocycles. The fraction of sp³-hybridized carbons (Fsp3) is 0.348. The Kier molecular flexibility index (Phi) is 5.41. The molecule has 1 aliphatic carbocycles. The van der Waals surface area contributed by atoms with Crippen LogP contribution >= 0.6 is 0 Å². The van der Waals surface area contributed by atoms with Crippen molar-refractivity contribution in [2.24, 2.45) is 5.92 Å². The van der Waals surface area contributed by atoms with Crippen LogP contribution in [0, 0.1) is 18.7 Å². The van der Waals surface area contributed by atoms with Gasteiger partial charge in [-0.1, -0.05) is 0 Å². The van der Waals surface area contributed by atoms with Crippen LogP contribution in [-0.4, -0.2) is 49.4 Å².